The van der Waals surface area contributed by atoms with Crippen LogP contribution in [0.3, 0.4) is 0 Å². The summed E-state index contributed by atoms with van der Waals surface area (Å²) in [6.07, 6.45) is -0.862. The highest BCUT2D eigenvalue weighted by atomic mass is 35.5. The van der Waals surface area contributed by atoms with Crippen LogP contribution < -0.4 is 20.3 Å². The molecular formula is C19H15ClN2O5S. The van der Waals surface area contributed by atoms with Crippen LogP contribution >= 0.6 is 22.9 Å². The van der Waals surface area contributed by atoms with Crippen molar-refractivity contribution in [1.82, 2.24) is 10.9 Å². The van der Waals surface area contributed by atoms with E-state index in [0.717, 1.165) is 10.1 Å². The summed E-state index contributed by atoms with van der Waals surface area (Å²) >= 11 is 7.61. The maximum Gasteiger partial charge on any atom is 0.344 e. The summed E-state index contributed by atoms with van der Waals surface area (Å²) in [6, 6.07) is 10.8. The van der Waals surface area contributed by atoms with E-state index in [0.29, 0.717) is 21.2 Å². The van der Waals surface area contributed by atoms with Gasteiger partial charge in [-0.3, -0.25) is 10.2 Å². The normalized spacial score (nSPS) is 15.2. The lowest BCUT2D eigenvalue weighted by molar-refractivity contribution is 0.0260. The van der Waals surface area contributed by atoms with Gasteiger partial charge >= 0.3 is 5.97 Å². The van der Waals surface area contributed by atoms with Crippen LogP contribution in [0.2, 0.25) is 5.02 Å². The second-order valence-electron chi connectivity index (χ2n) is 5.89. The summed E-state index contributed by atoms with van der Waals surface area (Å²) in [6.45, 7) is 0. The first-order valence-corrected chi connectivity index (χ1v) is 9.43. The minimum absolute atomic E-state index is 0.258. The number of thiophene rings is 1. The Bertz CT molecular complexity index is 1100. The number of hydrazine groups is 1. The predicted octanol–water partition coefficient (Wildman–Crippen LogP) is 3.68. The van der Waals surface area contributed by atoms with Gasteiger partial charge in [0, 0.05) is 15.6 Å². The quantitative estimate of drug-likeness (QED) is 0.485. The third kappa shape index (κ3) is 2.95. The van der Waals surface area contributed by atoms with Gasteiger partial charge in [-0.15, -0.1) is 11.3 Å². The van der Waals surface area contributed by atoms with Gasteiger partial charge in [0.2, 0.25) is 0 Å². The second kappa shape index (κ2) is 7.31. The zero-order chi connectivity index (χ0) is 19.8. The Morgan fingerprint density at radius 1 is 1.18 bits per heavy atom. The Morgan fingerprint density at radius 3 is 2.68 bits per heavy atom. The molecule has 0 saturated carbocycles. The SMILES string of the molecule is COc1ccc2c(c1OC)C(=O)OC2NNC(=O)c1sc2ccccc2c1Cl. The zero-order valence-electron chi connectivity index (χ0n) is 14.9. The maximum atomic E-state index is 12.6. The summed E-state index contributed by atoms with van der Waals surface area (Å²) < 4.78 is 16.7. The van der Waals surface area contributed by atoms with E-state index in [9.17, 15) is 9.59 Å². The predicted molar refractivity (Wildman–Crippen MR) is 105 cm³/mol. The summed E-state index contributed by atoms with van der Waals surface area (Å²) in [5.41, 5.74) is 6.08. The number of hydrogen-bond donors (Lipinski definition) is 2. The van der Waals surface area contributed by atoms with Gasteiger partial charge in [0.05, 0.1) is 19.2 Å². The van der Waals surface area contributed by atoms with Gasteiger partial charge in [0.15, 0.2) is 17.7 Å². The van der Waals surface area contributed by atoms with Crippen molar-refractivity contribution in [1.29, 1.82) is 0 Å². The molecule has 0 bridgehead atoms. The van der Waals surface area contributed by atoms with Crippen molar-refractivity contribution in [2.75, 3.05) is 14.2 Å². The van der Waals surface area contributed by atoms with Gasteiger partial charge in [-0.1, -0.05) is 29.8 Å². The summed E-state index contributed by atoms with van der Waals surface area (Å²) in [5.74, 6) is -0.290. The van der Waals surface area contributed by atoms with Gasteiger partial charge in [-0.05, 0) is 18.2 Å². The Kier molecular flexibility index (Phi) is 4.84. The number of carbonyl (C=O) groups excluding carboxylic acids is 2. The second-order valence-corrected chi connectivity index (χ2v) is 7.32. The molecule has 1 aliphatic heterocycles. The Labute approximate surface area is 169 Å². The number of esters is 1. The third-order valence-corrected chi connectivity index (χ3v) is 6.02. The molecule has 1 unspecified atom stereocenters. The van der Waals surface area contributed by atoms with E-state index in [1.165, 1.54) is 25.6 Å². The van der Waals surface area contributed by atoms with Crippen molar-refractivity contribution in [3.63, 3.8) is 0 Å². The van der Waals surface area contributed by atoms with Crippen molar-refractivity contribution in [3.05, 3.63) is 57.4 Å². The highest BCUT2D eigenvalue weighted by molar-refractivity contribution is 7.21. The number of amides is 1. The van der Waals surface area contributed by atoms with Crippen molar-refractivity contribution in [2.24, 2.45) is 0 Å². The molecule has 1 amide bonds. The number of halogens is 1. The molecule has 2 heterocycles. The average Bonchev–Trinajstić information content (AvgIpc) is 3.23. The molecule has 0 saturated heterocycles. The first-order chi connectivity index (χ1) is 13.5. The Morgan fingerprint density at radius 2 is 1.96 bits per heavy atom. The zero-order valence-corrected chi connectivity index (χ0v) is 16.4. The van der Waals surface area contributed by atoms with Crippen LogP contribution in [0, 0.1) is 0 Å². The average molecular weight is 419 g/mol. The standard InChI is InChI=1S/C19H15ClN2O5S/c1-25-11-8-7-10-13(15(11)26-2)19(24)27-18(10)22-21-17(23)16-14(20)9-5-3-4-6-12(9)28-16/h3-8,18,22H,1-2H3,(H,21,23). The first kappa shape index (κ1) is 18.5. The molecule has 1 aromatic heterocycles. The van der Waals surface area contributed by atoms with Crippen LogP contribution in [0.25, 0.3) is 10.1 Å². The number of hydrogen-bond acceptors (Lipinski definition) is 7. The van der Waals surface area contributed by atoms with E-state index in [-0.39, 0.29) is 11.3 Å². The summed E-state index contributed by atoms with van der Waals surface area (Å²) in [7, 11) is 2.92. The smallest absolute Gasteiger partial charge is 0.344 e. The van der Waals surface area contributed by atoms with Crippen molar-refractivity contribution >= 4 is 44.9 Å². The minimum Gasteiger partial charge on any atom is -0.493 e. The number of carbonyl (C=O) groups is 2. The number of nitrogens with one attached hydrogen (secondary N) is 2. The van der Waals surface area contributed by atoms with Gasteiger partial charge in [-0.25, -0.2) is 4.79 Å². The maximum absolute atomic E-state index is 12.6. The molecule has 0 radical (unpaired) electrons. The fourth-order valence-corrected chi connectivity index (χ4v) is 4.47. The molecule has 1 aliphatic rings. The minimum atomic E-state index is -0.862. The molecule has 2 aromatic carbocycles. The molecule has 1 atom stereocenters. The monoisotopic (exact) mass is 418 g/mol. The molecule has 144 valence electrons. The fourth-order valence-electron chi connectivity index (χ4n) is 3.06. The molecule has 0 spiro atoms. The largest absolute Gasteiger partial charge is 0.493 e. The van der Waals surface area contributed by atoms with Gasteiger partial charge in [-0.2, -0.15) is 5.43 Å². The van der Waals surface area contributed by atoms with E-state index in [4.69, 9.17) is 25.8 Å². The highest BCUT2D eigenvalue weighted by Gasteiger charge is 2.36. The van der Waals surface area contributed by atoms with E-state index >= 15 is 0 Å². The highest BCUT2D eigenvalue weighted by Crippen LogP contribution is 2.41. The lowest BCUT2D eigenvalue weighted by atomic mass is 10.1. The van der Waals surface area contributed by atoms with Gasteiger partial charge in [0.25, 0.3) is 5.91 Å². The van der Waals surface area contributed by atoms with E-state index in [1.807, 2.05) is 24.3 Å². The number of benzene rings is 2. The lowest BCUT2D eigenvalue weighted by Crippen LogP contribution is -2.39. The molecule has 2 N–H and O–H groups in total. The molecule has 0 fully saturated rings. The molecule has 9 heteroatoms. The van der Waals surface area contributed by atoms with Crippen molar-refractivity contribution in [3.8, 4) is 11.5 Å². The first-order valence-electron chi connectivity index (χ1n) is 8.24. The van der Waals surface area contributed by atoms with E-state index < -0.39 is 18.1 Å². The van der Waals surface area contributed by atoms with Crippen LogP contribution in [-0.2, 0) is 4.74 Å². The molecule has 28 heavy (non-hydrogen) atoms. The number of cyclic esters (lactones) is 1. The van der Waals surface area contributed by atoms with Crippen LogP contribution in [0.5, 0.6) is 11.5 Å². The van der Waals surface area contributed by atoms with Crippen LogP contribution in [-0.4, -0.2) is 26.1 Å². The van der Waals surface area contributed by atoms with E-state index in [1.54, 1.807) is 12.1 Å². The number of rotatable bonds is 5. The van der Waals surface area contributed by atoms with Crippen LogP contribution in [0.15, 0.2) is 36.4 Å². The van der Waals surface area contributed by atoms with E-state index in [2.05, 4.69) is 10.9 Å². The van der Waals surface area contributed by atoms with Crippen molar-refractivity contribution < 1.29 is 23.8 Å². The number of methoxy groups -OCH3 is 2. The summed E-state index contributed by atoms with van der Waals surface area (Å²) in [5, 5.41) is 1.20. The topological polar surface area (TPSA) is 85.9 Å². The Hall–Kier alpha value is -2.81. The Balaban J connectivity index is 1.56. The lowest BCUT2D eigenvalue weighted by Gasteiger charge is -2.14. The van der Waals surface area contributed by atoms with Crippen LogP contribution in [0.4, 0.5) is 0 Å². The molecule has 4 rings (SSSR count). The number of ether oxygens (including phenoxy) is 3. The fraction of sp³-hybridized carbons (Fsp3) is 0.158. The van der Waals surface area contributed by atoms with Crippen molar-refractivity contribution in [2.45, 2.75) is 6.23 Å². The summed E-state index contributed by atoms with van der Waals surface area (Å²) in [4.78, 5) is 25.2. The molecule has 0 aliphatic carbocycles. The van der Waals surface area contributed by atoms with Crippen LogP contribution in [0.1, 0.15) is 31.8 Å². The van der Waals surface area contributed by atoms with Gasteiger partial charge in [0.1, 0.15) is 10.4 Å². The van der Waals surface area contributed by atoms with Gasteiger partial charge < -0.3 is 14.2 Å². The third-order valence-electron chi connectivity index (χ3n) is 4.35. The molecular weight excluding hydrogens is 404 g/mol. The number of fused-ring (bicyclic) bond motifs is 2. The molecule has 3 aromatic rings. The molecule has 7 nitrogen and oxygen atoms in total.